The number of rotatable bonds is 7. The van der Waals surface area contributed by atoms with Crippen molar-refractivity contribution in [3.05, 3.63) is 28.0 Å². The van der Waals surface area contributed by atoms with Gasteiger partial charge in [0.15, 0.2) is 0 Å². The zero-order valence-electron chi connectivity index (χ0n) is 11.3. The SMILES string of the molecule is CCCNC(Cc1ncc(Cl)cc1Cl)CC(C)C. The molecule has 4 heteroatoms. The Morgan fingerprint density at radius 2 is 2.06 bits per heavy atom. The molecule has 0 saturated carbocycles. The highest BCUT2D eigenvalue weighted by molar-refractivity contribution is 6.34. The van der Waals surface area contributed by atoms with Crippen LogP contribution in [0.4, 0.5) is 0 Å². The molecule has 1 atom stereocenters. The van der Waals surface area contributed by atoms with Gasteiger partial charge in [0, 0.05) is 18.7 Å². The summed E-state index contributed by atoms with van der Waals surface area (Å²) in [5.74, 6) is 0.658. The van der Waals surface area contributed by atoms with Crippen LogP contribution in [0.15, 0.2) is 12.3 Å². The van der Waals surface area contributed by atoms with Gasteiger partial charge in [-0.2, -0.15) is 0 Å². The quantitative estimate of drug-likeness (QED) is 0.807. The maximum Gasteiger partial charge on any atom is 0.0636 e. The van der Waals surface area contributed by atoms with Crippen LogP contribution in [0.1, 0.15) is 39.3 Å². The highest BCUT2D eigenvalue weighted by Crippen LogP contribution is 2.21. The van der Waals surface area contributed by atoms with Crippen molar-refractivity contribution in [3.63, 3.8) is 0 Å². The highest BCUT2D eigenvalue weighted by atomic mass is 35.5. The molecular formula is C14H22Cl2N2. The first-order chi connectivity index (χ1) is 8.52. The average Bonchev–Trinajstić information content (AvgIpc) is 2.29. The molecule has 2 nitrogen and oxygen atoms in total. The molecule has 0 fully saturated rings. The number of nitrogens with zero attached hydrogens (tertiary/aromatic N) is 1. The van der Waals surface area contributed by atoms with Crippen LogP contribution in [0.2, 0.25) is 10.0 Å². The van der Waals surface area contributed by atoms with E-state index in [9.17, 15) is 0 Å². The summed E-state index contributed by atoms with van der Waals surface area (Å²) in [5, 5.41) is 4.81. The minimum Gasteiger partial charge on any atom is -0.314 e. The minimum atomic E-state index is 0.427. The first-order valence-electron chi connectivity index (χ1n) is 6.56. The second-order valence-corrected chi connectivity index (χ2v) is 5.91. The van der Waals surface area contributed by atoms with Gasteiger partial charge in [0.25, 0.3) is 0 Å². The number of halogens is 2. The van der Waals surface area contributed by atoms with Crippen LogP contribution in [-0.2, 0) is 6.42 Å². The molecule has 1 heterocycles. The Morgan fingerprint density at radius 3 is 2.61 bits per heavy atom. The van der Waals surface area contributed by atoms with Gasteiger partial charge in [-0.15, -0.1) is 0 Å². The Balaban J connectivity index is 2.68. The predicted octanol–water partition coefficient (Wildman–Crippen LogP) is 4.35. The second kappa shape index (κ2) is 7.98. The molecule has 102 valence electrons. The summed E-state index contributed by atoms with van der Waals surface area (Å²) >= 11 is 12.0. The molecule has 0 aliphatic rings. The summed E-state index contributed by atoms with van der Waals surface area (Å²) in [4.78, 5) is 4.33. The minimum absolute atomic E-state index is 0.427. The van der Waals surface area contributed by atoms with E-state index in [0.717, 1.165) is 31.5 Å². The smallest absolute Gasteiger partial charge is 0.0636 e. The van der Waals surface area contributed by atoms with Gasteiger partial charge in [0.05, 0.1) is 15.7 Å². The van der Waals surface area contributed by atoms with Crippen LogP contribution in [0, 0.1) is 5.92 Å². The molecule has 0 spiro atoms. The fourth-order valence-electron chi connectivity index (χ4n) is 1.98. The second-order valence-electron chi connectivity index (χ2n) is 5.07. The maximum absolute atomic E-state index is 6.17. The zero-order valence-corrected chi connectivity index (χ0v) is 12.9. The summed E-state index contributed by atoms with van der Waals surface area (Å²) in [6.45, 7) is 7.67. The Hall–Kier alpha value is -0.310. The van der Waals surface area contributed by atoms with E-state index in [1.165, 1.54) is 0 Å². The molecule has 0 aromatic carbocycles. The molecule has 1 unspecified atom stereocenters. The molecule has 18 heavy (non-hydrogen) atoms. The highest BCUT2D eigenvalue weighted by Gasteiger charge is 2.14. The van der Waals surface area contributed by atoms with Crippen molar-refractivity contribution >= 4 is 23.2 Å². The van der Waals surface area contributed by atoms with Crippen molar-refractivity contribution < 1.29 is 0 Å². The van der Waals surface area contributed by atoms with Gasteiger partial charge in [-0.3, -0.25) is 4.98 Å². The first-order valence-corrected chi connectivity index (χ1v) is 7.31. The van der Waals surface area contributed by atoms with Crippen molar-refractivity contribution in [2.45, 2.75) is 46.1 Å². The lowest BCUT2D eigenvalue weighted by Crippen LogP contribution is -2.33. The Morgan fingerprint density at radius 1 is 1.33 bits per heavy atom. The Kier molecular flexibility index (Phi) is 6.98. The molecule has 0 aliphatic heterocycles. The van der Waals surface area contributed by atoms with Crippen molar-refractivity contribution in [2.24, 2.45) is 5.92 Å². The van der Waals surface area contributed by atoms with E-state index in [0.29, 0.717) is 22.0 Å². The zero-order chi connectivity index (χ0) is 13.5. The average molecular weight is 289 g/mol. The lowest BCUT2D eigenvalue weighted by Gasteiger charge is -2.20. The normalized spacial score (nSPS) is 13.0. The number of pyridine rings is 1. The molecule has 1 N–H and O–H groups in total. The molecule has 0 aliphatic carbocycles. The summed E-state index contributed by atoms with van der Waals surface area (Å²) in [6.07, 6.45) is 4.78. The largest absolute Gasteiger partial charge is 0.314 e. The predicted molar refractivity (Wildman–Crippen MR) is 79.5 cm³/mol. The summed E-state index contributed by atoms with van der Waals surface area (Å²) in [6, 6.07) is 2.19. The van der Waals surface area contributed by atoms with E-state index in [1.807, 2.05) is 0 Å². The Labute approximate surface area is 120 Å². The molecule has 1 aromatic rings. The fourth-order valence-corrected chi connectivity index (χ4v) is 2.44. The number of nitrogens with one attached hydrogen (secondary N) is 1. The van der Waals surface area contributed by atoms with Crippen LogP contribution < -0.4 is 5.32 Å². The number of hydrogen-bond acceptors (Lipinski definition) is 2. The monoisotopic (exact) mass is 288 g/mol. The van der Waals surface area contributed by atoms with E-state index in [2.05, 4.69) is 31.1 Å². The maximum atomic E-state index is 6.17. The number of aromatic nitrogens is 1. The standard InChI is InChI=1S/C14H22Cl2N2/c1-4-5-17-12(6-10(2)3)8-14-13(16)7-11(15)9-18-14/h7,9-10,12,17H,4-6,8H2,1-3H3. The van der Waals surface area contributed by atoms with E-state index >= 15 is 0 Å². The van der Waals surface area contributed by atoms with Crippen LogP contribution in [0.5, 0.6) is 0 Å². The van der Waals surface area contributed by atoms with Crippen LogP contribution in [0.3, 0.4) is 0 Å². The summed E-state index contributed by atoms with van der Waals surface area (Å²) in [7, 11) is 0. The van der Waals surface area contributed by atoms with E-state index in [-0.39, 0.29) is 0 Å². The molecule has 1 aromatic heterocycles. The molecule has 1 rings (SSSR count). The first kappa shape index (κ1) is 15.7. The molecule has 0 amide bonds. The molecule has 0 saturated heterocycles. The van der Waals surface area contributed by atoms with Gasteiger partial charge in [0.1, 0.15) is 0 Å². The lowest BCUT2D eigenvalue weighted by atomic mass is 9.99. The van der Waals surface area contributed by atoms with Crippen molar-refractivity contribution in [1.29, 1.82) is 0 Å². The van der Waals surface area contributed by atoms with Crippen LogP contribution in [-0.4, -0.2) is 17.6 Å². The van der Waals surface area contributed by atoms with Crippen molar-refractivity contribution in [1.82, 2.24) is 10.3 Å². The summed E-state index contributed by atoms with van der Waals surface area (Å²) in [5.41, 5.74) is 0.926. The molecule has 0 bridgehead atoms. The summed E-state index contributed by atoms with van der Waals surface area (Å²) < 4.78 is 0. The van der Waals surface area contributed by atoms with Crippen molar-refractivity contribution in [3.8, 4) is 0 Å². The van der Waals surface area contributed by atoms with Gasteiger partial charge < -0.3 is 5.32 Å². The van der Waals surface area contributed by atoms with E-state index in [4.69, 9.17) is 23.2 Å². The topological polar surface area (TPSA) is 24.9 Å². The Bertz CT molecular complexity index is 367. The third-order valence-corrected chi connectivity index (χ3v) is 3.30. The van der Waals surface area contributed by atoms with E-state index < -0.39 is 0 Å². The molecule has 0 radical (unpaired) electrons. The van der Waals surface area contributed by atoms with Gasteiger partial charge in [-0.25, -0.2) is 0 Å². The fraction of sp³-hybridized carbons (Fsp3) is 0.643. The third kappa shape index (κ3) is 5.55. The van der Waals surface area contributed by atoms with Gasteiger partial charge >= 0.3 is 0 Å². The molecular weight excluding hydrogens is 267 g/mol. The van der Waals surface area contributed by atoms with Gasteiger partial charge in [-0.05, 0) is 31.4 Å². The van der Waals surface area contributed by atoms with Crippen molar-refractivity contribution in [2.75, 3.05) is 6.54 Å². The van der Waals surface area contributed by atoms with Gasteiger partial charge in [0.2, 0.25) is 0 Å². The van der Waals surface area contributed by atoms with Crippen LogP contribution >= 0.6 is 23.2 Å². The number of hydrogen-bond donors (Lipinski definition) is 1. The van der Waals surface area contributed by atoms with Crippen LogP contribution in [0.25, 0.3) is 0 Å². The lowest BCUT2D eigenvalue weighted by molar-refractivity contribution is 0.414. The third-order valence-electron chi connectivity index (χ3n) is 2.76. The van der Waals surface area contributed by atoms with E-state index in [1.54, 1.807) is 12.3 Å². The van der Waals surface area contributed by atoms with Gasteiger partial charge in [-0.1, -0.05) is 44.0 Å².